The Morgan fingerprint density at radius 3 is 2.79 bits per heavy atom. The maximum atomic E-state index is 13.2. The molecule has 9 heteroatoms. The van der Waals surface area contributed by atoms with Crippen LogP contribution in [-0.4, -0.2) is 35.0 Å². The Kier molecular flexibility index (Phi) is 9.00. The first-order valence-corrected chi connectivity index (χ1v) is 13.5. The number of hydrogen-bond acceptors (Lipinski definition) is 7. The van der Waals surface area contributed by atoms with Crippen LogP contribution in [0.4, 0.5) is 23.0 Å². The fraction of sp³-hybridized carbons (Fsp3) is 0.152. The Balaban J connectivity index is 1.42. The summed E-state index contributed by atoms with van der Waals surface area (Å²) in [6.45, 7) is 6.61. The number of anilines is 4. The zero-order chi connectivity index (χ0) is 29.3. The van der Waals surface area contributed by atoms with Crippen molar-refractivity contribution in [1.82, 2.24) is 9.97 Å². The van der Waals surface area contributed by atoms with Crippen LogP contribution in [0.1, 0.15) is 27.9 Å². The summed E-state index contributed by atoms with van der Waals surface area (Å²) in [6.07, 6.45) is 7.64. The minimum Gasteiger partial charge on any atom is -0.493 e. The van der Waals surface area contributed by atoms with Crippen LogP contribution in [0.25, 0.3) is 11.3 Å². The largest absolute Gasteiger partial charge is 0.493 e. The standard InChI is InChI=1S/C33H31N5O4/c1-3-31(39)37-29-11-10-25(16-22(29)2)32(40)35-26-17-23-18-27(20-26)36-33-34-13-12-30(38-33)24-8-7-9-28(19-24)42-15-6-4-5-14-41-21-23/h3-5,7-13,16-20H,1,6,14-15,21H2,2H3,(H,35,40)(H,37,39)(H,34,36,38)/b5-4+. The van der Waals surface area contributed by atoms with Gasteiger partial charge in [0.25, 0.3) is 5.91 Å². The van der Waals surface area contributed by atoms with Crippen molar-refractivity contribution in [3.05, 3.63) is 114 Å². The van der Waals surface area contributed by atoms with Gasteiger partial charge in [0.15, 0.2) is 0 Å². The molecule has 212 valence electrons. The number of aryl methyl sites for hydroxylation is 1. The van der Waals surface area contributed by atoms with Crippen molar-refractivity contribution in [1.29, 1.82) is 0 Å². The Morgan fingerprint density at radius 1 is 1.02 bits per heavy atom. The number of rotatable bonds is 4. The summed E-state index contributed by atoms with van der Waals surface area (Å²) in [5, 5.41) is 8.98. The zero-order valence-electron chi connectivity index (χ0n) is 23.2. The second kappa shape index (κ2) is 13.4. The Hall–Kier alpha value is -5.28. The minimum absolute atomic E-state index is 0.290. The molecule has 0 fully saturated rings. The topological polar surface area (TPSA) is 114 Å². The molecule has 42 heavy (non-hydrogen) atoms. The number of carbonyl (C=O) groups is 2. The van der Waals surface area contributed by atoms with Crippen molar-refractivity contribution in [3.8, 4) is 17.0 Å². The number of nitrogens with zero attached hydrogens (tertiary/aromatic N) is 2. The second-order valence-electron chi connectivity index (χ2n) is 9.64. The van der Waals surface area contributed by atoms with Gasteiger partial charge in [0.1, 0.15) is 5.75 Å². The maximum Gasteiger partial charge on any atom is 0.255 e. The first-order valence-electron chi connectivity index (χ1n) is 13.5. The lowest BCUT2D eigenvalue weighted by Gasteiger charge is -2.14. The van der Waals surface area contributed by atoms with E-state index in [0.29, 0.717) is 48.4 Å². The van der Waals surface area contributed by atoms with Crippen LogP contribution in [0.15, 0.2) is 97.7 Å². The molecule has 2 heterocycles. The van der Waals surface area contributed by atoms with E-state index in [1.807, 2.05) is 67.6 Å². The lowest BCUT2D eigenvalue weighted by molar-refractivity contribution is -0.111. The average molecular weight is 562 g/mol. The lowest BCUT2D eigenvalue weighted by Crippen LogP contribution is -2.14. The first kappa shape index (κ1) is 28.3. The van der Waals surface area contributed by atoms with Crippen LogP contribution in [0.2, 0.25) is 0 Å². The molecule has 0 saturated heterocycles. The van der Waals surface area contributed by atoms with Crippen LogP contribution >= 0.6 is 0 Å². The molecule has 0 spiro atoms. The Bertz CT molecular complexity index is 1650. The summed E-state index contributed by atoms with van der Waals surface area (Å²) >= 11 is 0. The van der Waals surface area contributed by atoms with Gasteiger partial charge < -0.3 is 25.4 Å². The van der Waals surface area contributed by atoms with Gasteiger partial charge >= 0.3 is 0 Å². The number of amides is 2. The Morgan fingerprint density at radius 2 is 1.93 bits per heavy atom. The van der Waals surface area contributed by atoms with Crippen LogP contribution in [0.5, 0.6) is 5.75 Å². The third kappa shape index (κ3) is 7.47. The number of ether oxygens (including phenoxy) is 2. The van der Waals surface area contributed by atoms with E-state index in [0.717, 1.165) is 34.6 Å². The number of hydrogen-bond donors (Lipinski definition) is 3. The van der Waals surface area contributed by atoms with Crippen molar-refractivity contribution in [3.63, 3.8) is 0 Å². The van der Waals surface area contributed by atoms with Gasteiger partial charge in [-0.1, -0.05) is 30.9 Å². The summed E-state index contributed by atoms with van der Waals surface area (Å²) in [5.41, 5.74) is 5.61. The maximum absolute atomic E-state index is 13.2. The molecule has 0 radical (unpaired) electrons. The van der Waals surface area contributed by atoms with E-state index in [-0.39, 0.29) is 11.8 Å². The van der Waals surface area contributed by atoms with Crippen molar-refractivity contribution >= 4 is 34.8 Å². The van der Waals surface area contributed by atoms with Gasteiger partial charge in [-0.3, -0.25) is 9.59 Å². The highest BCUT2D eigenvalue weighted by molar-refractivity contribution is 6.05. The number of aromatic nitrogens is 2. The molecule has 5 rings (SSSR count). The van der Waals surface area contributed by atoms with Gasteiger partial charge in [-0.05, 0) is 85.1 Å². The number of fused-ring (bicyclic) bond motifs is 7. The Labute approximate surface area is 244 Å². The summed E-state index contributed by atoms with van der Waals surface area (Å²) in [6, 6.07) is 20.3. The van der Waals surface area contributed by atoms with Crippen molar-refractivity contribution in [2.45, 2.75) is 20.0 Å². The molecule has 9 nitrogen and oxygen atoms in total. The number of carbonyl (C=O) groups excluding carboxylic acids is 2. The van der Waals surface area contributed by atoms with Gasteiger partial charge in [-0.25, -0.2) is 9.97 Å². The molecule has 4 aromatic rings. The predicted octanol–water partition coefficient (Wildman–Crippen LogP) is 6.43. The molecular formula is C33H31N5O4. The highest BCUT2D eigenvalue weighted by Crippen LogP contribution is 2.26. The van der Waals surface area contributed by atoms with E-state index in [1.54, 1.807) is 24.4 Å². The quantitative estimate of drug-likeness (QED) is 0.194. The monoisotopic (exact) mass is 561 g/mol. The second-order valence-corrected chi connectivity index (χ2v) is 9.64. The van der Waals surface area contributed by atoms with Crippen molar-refractivity contribution < 1.29 is 19.1 Å². The van der Waals surface area contributed by atoms with Crippen molar-refractivity contribution in [2.75, 3.05) is 29.2 Å². The van der Waals surface area contributed by atoms with E-state index in [4.69, 9.17) is 14.5 Å². The minimum atomic E-state index is -0.315. The molecule has 0 saturated carbocycles. The van der Waals surface area contributed by atoms with E-state index in [9.17, 15) is 9.59 Å². The summed E-state index contributed by atoms with van der Waals surface area (Å²) in [7, 11) is 0. The molecule has 1 aliphatic rings. The van der Waals surface area contributed by atoms with Gasteiger partial charge in [-0.2, -0.15) is 0 Å². The predicted molar refractivity (Wildman–Crippen MR) is 164 cm³/mol. The molecule has 1 aromatic heterocycles. The smallest absolute Gasteiger partial charge is 0.255 e. The lowest BCUT2D eigenvalue weighted by atomic mass is 10.1. The third-order valence-electron chi connectivity index (χ3n) is 6.43. The SMILES string of the molecule is C=CC(=O)Nc1ccc(C(=O)Nc2cc3cc(c2)Nc2nccc(n2)-c2cccc(c2)OCC/C=C/COC3)cc1C. The van der Waals surface area contributed by atoms with E-state index in [1.165, 1.54) is 6.08 Å². The van der Waals surface area contributed by atoms with E-state index < -0.39 is 0 Å². The molecule has 1 aliphatic heterocycles. The summed E-state index contributed by atoms with van der Waals surface area (Å²) in [4.78, 5) is 34.0. The first-order chi connectivity index (χ1) is 20.5. The van der Waals surface area contributed by atoms with Crippen LogP contribution in [0, 0.1) is 6.92 Å². The normalized spacial score (nSPS) is 13.7. The fourth-order valence-electron chi connectivity index (χ4n) is 4.38. The molecule has 6 bridgehead atoms. The molecule has 0 aliphatic carbocycles. The molecule has 2 amide bonds. The average Bonchev–Trinajstić information content (AvgIpc) is 2.99. The molecule has 0 unspecified atom stereocenters. The van der Waals surface area contributed by atoms with Gasteiger partial charge in [-0.15, -0.1) is 0 Å². The van der Waals surface area contributed by atoms with Crippen molar-refractivity contribution in [2.24, 2.45) is 0 Å². The third-order valence-corrected chi connectivity index (χ3v) is 6.43. The fourth-order valence-corrected chi connectivity index (χ4v) is 4.38. The van der Waals surface area contributed by atoms with E-state index >= 15 is 0 Å². The van der Waals surface area contributed by atoms with Gasteiger partial charge in [0.2, 0.25) is 11.9 Å². The van der Waals surface area contributed by atoms with Crippen LogP contribution in [-0.2, 0) is 16.1 Å². The van der Waals surface area contributed by atoms with E-state index in [2.05, 4.69) is 27.5 Å². The van der Waals surface area contributed by atoms with Gasteiger partial charge in [0, 0.05) is 34.4 Å². The molecular weight excluding hydrogens is 530 g/mol. The zero-order valence-corrected chi connectivity index (χ0v) is 23.2. The highest BCUT2D eigenvalue weighted by atomic mass is 16.5. The number of benzene rings is 3. The van der Waals surface area contributed by atoms with Crippen LogP contribution in [0.3, 0.4) is 0 Å². The van der Waals surface area contributed by atoms with Crippen LogP contribution < -0.4 is 20.7 Å². The number of nitrogens with one attached hydrogen (secondary N) is 3. The molecule has 0 atom stereocenters. The highest BCUT2D eigenvalue weighted by Gasteiger charge is 2.12. The van der Waals surface area contributed by atoms with Gasteiger partial charge in [0.05, 0.1) is 25.5 Å². The molecule has 3 aromatic carbocycles. The summed E-state index contributed by atoms with van der Waals surface area (Å²) < 4.78 is 11.8. The molecule has 3 N–H and O–H groups in total. The summed E-state index contributed by atoms with van der Waals surface area (Å²) in [5.74, 6) is 0.573.